The van der Waals surface area contributed by atoms with Crippen LogP contribution in [0.5, 0.6) is 5.75 Å². The zero-order chi connectivity index (χ0) is 20.6. The number of nitrogens with one attached hydrogen (secondary N) is 1. The van der Waals surface area contributed by atoms with Gasteiger partial charge in [-0.3, -0.25) is 9.36 Å². The van der Waals surface area contributed by atoms with Crippen molar-refractivity contribution in [2.45, 2.75) is 19.4 Å². The summed E-state index contributed by atoms with van der Waals surface area (Å²) in [5.74, 6) is 0.678. The topological polar surface area (TPSA) is 98.4 Å². The Kier molecular flexibility index (Phi) is 6.80. The van der Waals surface area contributed by atoms with Crippen molar-refractivity contribution in [3.05, 3.63) is 76.5 Å². The number of aliphatic hydroxyl groups is 1. The van der Waals surface area contributed by atoms with Crippen molar-refractivity contribution in [1.82, 2.24) is 19.7 Å². The van der Waals surface area contributed by atoms with Crippen molar-refractivity contribution in [1.29, 1.82) is 0 Å². The molecule has 0 bridgehead atoms. The first-order valence-electron chi connectivity index (χ1n) is 9.37. The summed E-state index contributed by atoms with van der Waals surface area (Å²) >= 11 is 0. The molecule has 2 N–H and O–H groups in total. The van der Waals surface area contributed by atoms with Crippen LogP contribution >= 0.6 is 0 Å². The highest BCUT2D eigenvalue weighted by atomic mass is 16.5. The predicted octanol–water partition coefficient (Wildman–Crippen LogP) is 1.13. The van der Waals surface area contributed by atoms with Crippen LogP contribution in [-0.4, -0.2) is 45.6 Å². The number of nitrogens with zero attached hydrogens (tertiary/aromatic N) is 3. The summed E-state index contributed by atoms with van der Waals surface area (Å²) in [7, 11) is 1.53. The van der Waals surface area contributed by atoms with E-state index in [1.54, 1.807) is 18.2 Å². The first-order chi connectivity index (χ1) is 14.1. The number of carbonyl (C=O) groups excluding carboxylic acids is 1. The molecule has 2 aromatic carbocycles. The number of aromatic nitrogens is 3. The Morgan fingerprint density at radius 1 is 1.14 bits per heavy atom. The van der Waals surface area contributed by atoms with Gasteiger partial charge in [-0.2, -0.15) is 4.68 Å². The molecule has 0 spiro atoms. The maximum absolute atomic E-state index is 13.1. The minimum absolute atomic E-state index is 0.00871. The maximum atomic E-state index is 13.1. The number of aliphatic hydroxyl groups excluding tert-OH is 1. The van der Waals surface area contributed by atoms with E-state index >= 15 is 0 Å². The van der Waals surface area contributed by atoms with Crippen molar-refractivity contribution in [3.8, 4) is 11.4 Å². The summed E-state index contributed by atoms with van der Waals surface area (Å²) in [5.41, 5.74) is 1.07. The van der Waals surface area contributed by atoms with Crippen LogP contribution in [0.1, 0.15) is 17.8 Å². The lowest BCUT2D eigenvalue weighted by Crippen LogP contribution is -2.34. The summed E-state index contributed by atoms with van der Waals surface area (Å²) in [6, 6.07) is 16.7. The van der Waals surface area contributed by atoms with Crippen molar-refractivity contribution in [3.63, 3.8) is 0 Å². The molecule has 1 amide bonds. The van der Waals surface area contributed by atoms with Crippen molar-refractivity contribution in [2.24, 2.45) is 0 Å². The van der Waals surface area contributed by atoms with Gasteiger partial charge in [0.05, 0.1) is 7.11 Å². The molecule has 152 valence electrons. The average molecular weight is 396 g/mol. The lowest BCUT2D eigenvalue weighted by atomic mass is 10.1. The molecule has 0 atom stereocenters. The molecule has 0 saturated carbocycles. The average Bonchev–Trinajstić information content (AvgIpc) is 3.04. The Bertz CT molecular complexity index is 1010. The van der Waals surface area contributed by atoms with Crippen LogP contribution in [0, 0.1) is 0 Å². The number of rotatable bonds is 9. The first kappa shape index (κ1) is 20.3. The number of benzene rings is 2. The summed E-state index contributed by atoms with van der Waals surface area (Å²) in [6.45, 7) is 0.186. The molecule has 1 heterocycles. The Morgan fingerprint density at radius 3 is 2.59 bits per heavy atom. The number of para-hydroxylation sites is 2. The lowest BCUT2D eigenvalue weighted by molar-refractivity contribution is -0.121. The van der Waals surface area contributed by atoms with Crippen LogP contribution in [0.2, 0.25) is 0 Å². The molecule has 0 saturated heterocycles. The SMILES string of the molecule is COc1ccccc1-n1nc(Cc2ccccc2)n(CC(=O)NCCCO)c1=O. The quantitative estimate of drug-likeness (QED) is 0.529. The van der Waals surface area contributed by atoms with E-state index in [0.29, 0.717) is 36.6 Å². The zero-order valence-corrected chi connectivity index (χ0v) is 16.2. The van der Waals surface area contributed by atoms with E-state index in [-0.39, 0.29) is 19.1 Å². The smallest absolute Gasteiger partial charge is 0.351 e. The van der Waals surface area contributed by atoms with Gasteiger partial charge < -0.3 is 15.2 Å². The second kappa shape index (κ2) is 9.70. The minimum Gasteiger partial charge on any atom is -0.494 e. The molecule has 0 fully saturated rings. The predicted molar refractivity (Wildman–Crippen MR) is 108 cm³/mol. The number of hydrogen-bond donors (Lipinski definition) is 2. The second-order valence-electron chi connectivity index (χ2n) is 6.46. The molecule has 8 nitrogen and oxygen atoms in total. The van der Waals surface area contributed by atoms with Crippen LogP contribution in [-0.2, 0) is 17.8 Å². The highest BCUT2D eigenvalue weighted by Gasteiger charge is 2.19. The zero-order valence-electron chi connectivity index (χ0n) is 16.2. The summed E-state index contributed by atoms with van der Waals surface area (Å²) in [6.07, 6.45) is 0.861. The molecule has 0 aliphatic rings. The summed E-state index contributed by atoms with van der Waals surface area (Å²) in [4.78, 5) is 25.4. The fourth-order valence-corrected chi connectivity index (χ4v) is 2.97. The number of methoxy groups -OCH3 is 1. The second-order valence-corrected chi connectivity index (χ2v) is 6.46. The van der Waals surface area contributed by atoms with E-state index in [0.717, 1.165) is 5.56 Å². The summed E-state index contributed by atoms with van der Waals surface area (Å²) < 4.78 is 7.99. The number of hydrogen-bond acceptors (Lipinski definition) is 5. The van der Waals surface area contributed by atoms with Gasteiger partial charge in [-0.25, -0.2) is 4.79 Å². The highest BCUT2D eigenvalue weighted by molar-refractivity contribution is 5.75. The Morgan fingerprint density at radius 2 is 1.86 bits per heavy atom. The molecule has 1 aromatic heterocycles. The summed E-state index contributed by atoms with van der Waals surface area (Å²) in [5, 5.41) is 16.1. The van der Waals surface area contributed by atoms with Crippen LogP contribution in [0.3, 0.4) is 0 Å². The molecule has 0 aliphatic heterocycles. The maximum Gasteiger partial charge on any atom is 0.351 e. The van der Waals surface area contributed by atoms with Crippen LogP contribution < -0.4 is 15.7 Å². The van der Waals surface area contributed by atoms with Crippen LogP contribution in [0.4, 0.5) is 0 Å². The number of ether oxygens (including phenoxy) is 1. The molecule has 0 aliphatic carbocycles. The van der Waals surface area contributed by atoms with Gasteiger partial charge >= 0.3 is 5.69 Å². The third kappa shape index (κ3) is 4.91. The molecule has 3 aromatic rings. The van der Waals surface area contributed by atoms with Gasteiger partial charge in [-0.15, -0.1) is 5.10 Å². The van der Waals surface area contributed by atoms with Gasteiger partial charge in [-0.05, 0) is 24.1 Å². The van der Waals surface area contributed by atoms with E-state index < -0.39 is 5.69 Å². The van der Waals surface area contributed by atoms with E-state index in [9.17, 15) is 9.59 Å². The number of amides is 1. The van der Waals surface area contributed by atoms with Gasteiger partial charge in [0.15, 0.2) is 0 Å². The monoisotopic (exact) mass is 396 g/mol. The molecule has 3 rings (SSSR count). The Balaban J connectivity index is 1.98. The number of carbonyl (C=O) groups is 1. The minimum atomic E-state index is -0.419. The van der Waals surface area contributed by atoms with E-state index in [1.807, 2.05) is 36.4 Å². The third-order valence-corrected chi connectivity index (χ3v) is 4.42. The molecule has 0 unspecified atom stereocenters. The molecular formula is C21H24N4O4. The van der Waals surface area contributed by atoms with Gasteiger partial charge in [0, 0.05) is 19.6 Å². The Labute approximate surface area is 168 Å². The molecule has 8 heteroatoms. The van der Waals surface area contributed by atoms with Gasteiger partial charge in [-0.1, -0.05) is 42.5 Å². The van der Waals surface area contributed by atoms with Crippen LogP contribution in [0.15, 0.2) is 59.4 Å². The van der Waals surface area contributed by atoms with Crippen LogP contribution in [0.25, 0.3) is 5.69 Å². The Hall–Kier alpha value is -3.39. The molecule has 0 radical (unpaired) electrons. The standard InChI is InChI=1S/C21H24N4O4/c1-29-18-11-6-5-10-17(18)25-21(28)24(15-20(27)22-12-7-13-26)19(23-25)14-16-8-3-2-4-9-16/h2-6,8-11,26H,7,12-15H2,1H3,(H,22,27). The van der Waals surface area contributed by atoms with Gasteiger partial charge in [0.1, 0.15) is 23.8 Å². The first-order valence-corrected chi connectivity index (χ1v) is 9.37. The van der Waals surface area contributed by atoms with E-state index in [2.05, 4.69) is 10.4 Å². The van der Waals surface area contributed by atoms with Crippen molar-refractivity contribution in [2.75, 3.05) is 20.3 Å². The molecular weight excluding hydrogens is 372 g/mol. The van der Waals surface area contributed by atoms with Gasteiger partial charge in [0.2, 0.25) is 5.91 Å². The molecule has 29 heavy (non-hydrogen) atoms. The third-order valence-electron chi connectivity index (χ3n) is 4.42. The fourth-order valence-electron chi connectivity index (χ4n) is 2.97. The normalized spacial score (nSPS) is 10.7. The van der Waals surface area contributed by atoms with Gasteiger partial charge in [0.25, 0.3) is 0 Å². The largest absolute Gasteiger partial charge is 0.494 e. The van der Waals surface area contributed by atoms with Crippen molar-refractivity contribution >= 4 is 5.91 Å². The highest BCUT2D eigenvalue weighted by Crippen LogP contribution is 2.20. The lowest BCUT2D eigenvalue weighted by Gasteiger charge is -2.07. The fraction of sp³-hybridized carbons (Fsp3) is 0.286. The van der Waals surface area contributed by atoms with Crippen molar-refractivity contribution < 1.29 is 14.6 Å². The van der Waals surface area contributed by atoms with E-state index in [1.165, 1.54) is 16.4 Å². The van der Waals surface area contributed by atoms with E-state index in [4.69, 9.17) is 9.84 Å².